The van der Waals surface area contributed by atoms with E-state index in [-0.39, 0.29) is 12.0 Å². The molecule has 1 saturated carbocycles. The maximum Gasteiger partial charge on any atom is 0.388 e. The van der Waals surface area contributed by atoms with E-state index in [1.165, 1.54) is 0 Å². The van der Waals surface area contributed by atoms with Crippen LogP contribution in [0.5, 0.6) is 0 Å². The number of alkyl halides is 3. The van der Waals surface area contributed by atoms with Gasteiger partial charge in [-0.3, -0.25) is 9.48 Å². The standard InChI is InChI=1S/C18H21N5O.C3H5F3.2CH2O/c1-12-6-8-14(9-7-12)21-18-15(17(20)24)11-23(22-18)16-5-3-2-4-13(16)10-19;1-2-3(4,5)6;2*1-2/h6-9,11,13,16H,2-5H2,1H3,(H2,20,24)(H,21,22);2H2,1H3;2*1H2/t13?,16-;;;/m0.../s1. The first-order valence-corrected chi connectivity index (χ1v) is 10.4. The molecule has 11 heteroatoms. The number of anilines is 2. The number of aromatic nitrogens is 2. The molecule has 1 fully saturated rings. The number of amides is 1. The van der Waals surface area contributed by atoms with Crippen molar-refractivity contribution in [2.45, 2.75) is 58.2 Å². The highest BCUT2D eigenvalue weighted by molar-refractivity contribution is 5.98. The van der Waals surface area contributed by atoms with E-state index >= 15 is 0 Å². The Morgan fingerprint density at radius 1 is 1.21 bits per heavy atom. The molecule has 2 aromatic rings. The number of halogens is 3. The van der Waals surface area contributed by atoms with E-state index in [0.717, 1.165) is 43.9 Å². The molecule has 1 heterocycles. The number of hydrogen-bond acceptors (Lipinski definition) is 6. The number of primary amides is 1. The molecule has 1 aliphatic rings. The summed E-state index contributed by atoms with van der Waals surface area (Å²) in [5.74, 6) is -0.166. The molecule has 3 rings (SSSR count). The lowest BCUT2D eigenvalue weighted by molar-refractivity contribution is -0.130. The maximum atomic E-state index is 11.8. The highest BCUT2D eigenvalue weighted by Crippen LogP contribution is 2.34. The Labute approximate surface area is 196 Å². The van der Waals surface area contributed by atoms with Crippen molar-refractivity contribution in [3.05, 3.63) is 41.6 Å². The molecule has 0 bridgehead atoms. The number of carbonyl (C=O) groups excluding carboxylic acids is 3. The molecule has 0 saturated heterocycles. The van der Waals surface area contributed by atoms with Gasteiger partial charge in [0.1, 0.15) is 19.1 Å². The van der Waals surface area contributed by atoms with Gasteiger partial charge in [-0.1, -0.05) is 37.5 Å². The van der Waals surface area contributed by atoms with Crippen LogP contribution in [0.25, 0.3) is 0 Å². The normalized spacial score (nSPS) is 16.7. The summed E-state index contributed by atoms with van der Waals surface area (Å²) in [6.45, 7) is 7.10. The monoisotopic (exact) mass is 481 g/mol. The van der Waals surface area contributed by atoms with Crippen molar-refractivity contribution in [2.75, 3.05) is 5.32 Å². The smallest absolute Gasteiger partial charge is 0.365 e. The zero-order valence-electron chi connectivity index (χ0n) is 19.3. The zero-order chi connectivity index (χ0) is 26.3. The van der Waals surface area contributed by atoms with E-state index < -0.39 is 18.5 Å². The number of aryl methyl sites for hydroxylation is 1. The van der Waals surface area contributed by atoms with Crippen molar-refractivity contribution in [1.29, 1.82) is 5.26 Å². The van der Waals surface area contributed by atoms with Crippen LogP contribution in [0, 0.1) is 24.2 Å². The summed E-state index contributed by atoms with van der Waals surface area (Å²) < 4.78 is 34.1. The van der Waals surface area contributed by atoms with E-state index in [2.05, 4.69) is 16.5 Å². The molecule has 1 unspecified atom stereocenters. The van der Waals surface area contributed by atoms with E-state index in [9.17, 15) is 23.2 Å². The van der Waals surface area contributed by atoms with Crippen molar-refractivity contribution in [1.82, 2.24) is 9.78 Å². The fraction of sp³-hybridized carbons (Fsp3) is 0.435. The summed E-state index contributed by atoms with van der Waals surface area (Å²) in [4.78, 5) is 27.8. The van der Waals surface area contributed by atoms with Gasteiger partial charge in [0.2, 0.25) is 0 Å². The molecule has 0 spiro atoms. The van der Waals surface area contributed by atoms with Crippen molar-refractivity contribution in [3.8, 4) is 6.07 Å². The third-order valence-electron chi connectivity index (χ3n) is 4.95. The molecule has 1 aliphatic carbocycles. The van der Waals surface area contributed by atoms with Crippen LogP contribution in [0.2, 0.25) is 0 Å². The second-order valence-electron chi connectivity index (χ2n) is 7.28. The van der Waals surface area contributed by atoms with Gasteiger partial charge in [0.15, 0.2) is 5.82 Å². The van der Waals surface area contributed by atoms with Gasteiger partial charge in [-0.2, -0.15) is 23.5 Å². The third-order valence-corrected chi connectivity index (χ3v) is 4.95. The van der Waals surface area contributed by atoms with E-state index in [4.69, 9.17) is 15.3 Å². The fourth-order valence-electron chi connectivity index (χ4n) is 3.19. The van der Waals surface area contributed by atoms with Crippen molar-refractivity contribution < 1.29 is 27.6 Å². The minimum Gasteiger partial charge on any atom is -0.365 e. The minimum atomic E-state index is -3.96. The van der Waals surface area contributed by atoms with Crippen molar-refractivity contribution in [3.63, 3.8) is 0 Å². The minimum absolute atomic E-state index is 0.00424. The Balaban J connectivity index is 0.000000938. The van der Waals surface area contributed by atoms with Crippen LogP contribution in [-0.4, -0.2) is 35.4 Å². The van der Waals surface area contributed by atoms with E-state index in [0.29, 0.717) is 11.4 Å². The molecular weight excluding hydrogens is 451 g/mol. The molecule has 1 aromatic carbocycles. The largest absolute Gasteiger partial charge is 0.388 e. The molecule has 2 atom stereocenters. The van der Waals surface area contributed by atoms with Crippen LogP contribution in [0.4, 0.5) is 24.7 Å². The average Bonchev–Trinajstić information content (AvgIpc) is 3.27. The van der Waals surface area contributed by atoms with Crippen molar-refractivity contribution >= 4 is 31.0 Å². The van der Waals surface area contributed by atoms with E-state index in [1.807, 2.05) is 44.8 Å². The van der Waals surface area contributed by atoms with Crippen LogP contribution in [0.15, 0.2) is 30.5 Å². The second-order valence-corrected chi connectivity index (χ2v) is 7.28. The summed E-state index contributed by atoms with van der Waals surface area (Å²) in [6.07, 6.45) is 0.865. The number of nitriles is 1. The Morgan fingerprint density at radius 3 is 2.21 bits per heavy atom. The SMILES string of the molecule is C=O.C=O.CCC(F)(F)F.Cc1ccc(Nc2nn([C@H]3CCCCC3C#N)cc2C(N)=O)cc1. The zero-order valence-corrected chi connectivity index (χ0v) is 19.3. The Bertz CT molecular complexity index is 921. The molecular formula is C23H30F3N5O3. The summed E-state index contributed by atoms with van der Waals surface area (Å²) >= 11 is 0. The van der Waals surface area contributed by atoms with Gasteiger partial charge in [0.05, 0.1) is 18.0 Å². The quantitative estimate of drug-likeness (QED) is 0.640. The van der Waals surface area contributed by atoms with Crippen LogP contribution in [0.1, 0.15) is 61.0 Å². The number of rotatable bonds is 4. The maximum absolute atomic E-state index is 11.8. The lowest BCUT2D eigenvalue weighted by Crippen LogP contribution is -2.22. The van der Waals surface area contributed by atoms with Crippen molar-refractivity contribution in [2.24, 2.45) is 11.7 Å². The lowest BCUT2D eigenvalue weighted by Gasteiger charge is -2.26. The van der Waals surface area contributed by atoms with Gasteiger partial charge in [0, 0.05) is 18.3 Å². The molecule has 1 aromatic heterocycles. The average molecular weight is 482 g/mol. The number of nitrogens with two attached hydrogens (primary N) is 1. The summed E-state index contributed by atoms with van der Waals surface area (Å²) in [6, 6.07) is 10.2. The summed E-state index contributed by atoms with van der Waals surface area (Å²) in [5.41, 5.74) is 7.84. The molecule has 0 aliphatic heterocycles. The third kappa shape index (κ3) is 9.85. The van der Waals surface area contributed by atoms with Gasteiger partial charge in [-0.25, -0.2) is 0 Å². The van der Waals surface area contributed by atoms with Crippen LogP contribution in [-0.2, 0) is 9.59 Å². The van der Waals surface area contributed by atoms with Crippen LogP contribution in [0.3, 0.4) is 0 Å². The molecule has 0 radical (unpaired) electrons. The predicted octanol–water partition coefficient (Wildman–Crippen LogP) is 4.88. The molecule has 34 heavy (non-hydrogen) atoms. The molecule has 8 nitrogen and oxygen atoms in total. The van der Waals surface area contributed by atoms with Crippen LogP contribution >= 0.6 is 0 Å². The first-order chi connectivity index (χ1) is 16.1. The first kappa shape index (κ1) is 30.3. The van der Waals surface area contributed by atoms with Gasteiger partial charge in [0.25, 0.3) is 5.91 Å². The second kappa shape index (κ2) is 15.2. The fourth-order valence-corrected chi connectivity index (χ4v) is 3.19. The number of hydrogen-bond donors (Lipinski definition) is 2. The highest BCUT2D eigenvalue weighted by atomic mass is 19.4. The van der Waals surface area contributed by atoms with Gasteiger partial charge in [-0.15, -0.1) is 0 Å². The Morgan fingerprint density at radius 2 is 1.74 bits per heavy atom. The summed E-state index contributed by atoms with van der Waals surface area (Å²) in [5, 5.41) is 17.1. The lowest BCUT2D eigenvalue weighted by atomic mass is 9.85. The Kier molecular flexibility index (Phi) is 13.6. The van der Waals surface area contributed by atoms with Gasteiger partial charge >= 0.3 is 6.18 Å². The number of nitrogens with one attached hydrogen (secondary N) is 1. The highest BCUT2D eigenvalue weighted by Gasteiger charge is 2.29. The molecule has 1 amide bonds. The Hall–Kier alpha value is -3.68. The predicted molar refractivity (Wildman–Crippen MR) is 122 cm³/mol. The molecule has 3 N–H and O–H groups in total. The number of benzene rings is 1. The topological polar surface area (TPSA) is 131 Å². The van der Waals surface area contributed by atoms with Gasteiger partial charge < -0.3 is 20.6 Å². The van der Waals surface area contributed by atoms with Crippen LogP contribution < -0.4 is 11.1 Å². The number of nitrogens with zero attached hydrogens (tertiary/aromatic N) is 3. The first-order valence-electron chi connectivity index (χ1n) is 10.4. The summed E-state index contributed by atoms with van der Waals surface area (Å²) in [7, 11) is 0. The number of carbonyl (C=O) groups is 3. The van der Waals surface area contributed by atoms with E-state index in [1.54, 1.807) is 10.9 Å². The van der Waals surface area contributed by atoms with Gasteiger partial charge in [-0.05, 0) is 31.9 Å². The molecule has 186 valence electrons.